The zero-order valence-electron chi connectivity index (χ0n) is 9.25. The lowest BCUT2D eigenvalue weighted by Crippen LogP contribution is -2.55. The van der Waals surface area contributed by atoms with Crippen molar-refractivity contribution < 1.29 is 9.53 Å². The third-order valence-electron chi connectivity index (χ3n) is 2.60. The topological polar surface area (TPSA) is 38.3 Å². The van der Waals surface area contributed by atoms with Gasteiger partial charge in [-0.1, -0.05) is 6.08 Å². The van der Waals surface area contributed by atoms with Crippen LogP contribution in [-0.2, 0) is 9.53 Å². The first-order valence-corrected chi connectivity index (χ1v) is 6.51. The maximum absolute atomic E-state index is 11.9. The first-order valence-electron chi connectivity index (χ1n) is 5.36. The molecule has 1 rings (SSSR count). The standard InChI is InChI=1S/C11H19NO2S/c1-3-7-12-11(10(13)14-4-2)5-8-15-9-6-11/h3,12H,1,4-9H2,2H3. The van der Waals surface area contributed by atoms with Gasteiger partial charge in [-0.3, -0.25) is 10.1 Å². The van der Waals surface area contributed by atoms with Crippen molar-refractivity contribution in [1.82, 2.24) is 5.32 Å². The number of carbonyl (C=O) groups excluding carboxylic acids is 1. The van der Waals surface area contributed by atoms with Crippen LogP contribution in [0.3, 0.4) is 0 Å². The molecular formula is C11H19NO2S. The molecule has 1 saturated heterocycles. The van der Waals surface area contributed by atoms with Crippen LogP contribution in [0.1, 0.15) is 19.8 Å². The highest BCUT2D eigenvalue weighted by atomic mass is 32.2. The minimum Gasteiger partial charge on any atom is -0.465 e. The summed E-state index contributed by atoms with van der Waals surface area (Å²) in [6.07, 6.45) is 3.48. The molecule has 3 nitrogen and oxygen atoms in total. The van der Waals surface area contributed by atoms with Crippen molar-refractivity contribution in [3.63, 3.8) is 0 Å². The van der Waals surface area contributed by atoms with Crippen LogP contribution in [0.5, 0.6) is 0 Å². The van der Waals surface area contributed by atoms with E-state index in [-0.39, 0.29) is 5.97 Å². The van der Waals surface area contributed by atoms with Crippen molar-refractivity contribution in [2.75, 3.05) is 24.7 Å². The lowest BCUT2D eigenvalue weighted by atomic mass is 9.92. The normalized spacial score (nSPS) is 19.5. The summed E-state index contributed by atoms with van der Waals surface area (Å²) in [7, 11) is 0. The van der Waals surface area contributed by atoms with Crippen LogP contribution in [-0.4, -0.2) is 36.2 Å². The van der Waals surface area contributed by atoms with Gasteiger partial charge in [0.25, 0.3) is 0 Å². The first-order chi connectivity index (χ1) is 7.25. The van der Waals surface area contributed by atoms with Gasteiger partial charge in [0, 0.05) is 6.54 Å². The zero-order valence-corrected chi connectivity index (χ0v) is 10.1. The van der Waals surface area contributed by atoms with Crippen LogP contribution in [0.2, 0.25) is 0 Å². The summed E-state index contributed by atoms with van der Waals surface area (Å²) in [6, 6.07) is 0. The molecule has 1 N–H and O–H groups in total. The Morgan fingerprint density at radius 3 is 2.80 bits per heavy atom. The number of thioether (sulfide) groups is 1. The Morgan fingerprint density at radius 1 is 1.60 bits per heavy atom. The highest BCUT2D eigenvalue weighted by molar-refractivity contribution is 7.99. The van der Waals surface area contributed by atoms with E-state index >= 15 is 0 Å². The molecule has 0 bridgehead atoms. The molecule has 0 aliphatic carbocycles. The molecule has 1 aliphatic rings. The van der Waals surface area contributed by atoms with Gasteiger partial charge in [0.2, 0.25) is 0 Å². The van der Waals surface area contributed by atoms with Gasteiger partial charge >= 0.3 is 5.97 Å². The van der Waals surface area contributed by atoms with Gasteiger partial charge in [0.1, 0.15) is 5.54 Å². The van der Waals surface area contributed by atoms with E-state index in [0.29, 0.717) is 13.2 Å². The van der Waals surface area contributed by atoms with Crippen LogP contribution in [0.15, 0.2) is 12.7 Å². The van der Waals surface area contributed by atoms with Gasteiger partial charge < -0.3 is 4.74 Å². The minimum atomic E-state index is -0.463. The number of carbonyl (C=O) groups is 1. The van der Waals surface area contributed by atoms with Crippen molar-refractivity contribution in [3.05, 3.63) is 12.7 Å². The fourth-order valence-corrected chi connectivity index (χ4v) is 2.90. The van der Waals surface area contributed by atoms with E-state index < -0.39 is 5.54 Å². The Kier molecular flexibility index (Phi) is 5.19. The van der Waals surface area contributed by atoms with E-state index in [1.807, 2.05) is 18.7 Å². The van der Waals surface area contributed by atoms with Crippen LogP contribution in [0, 0.1) is 0 Å². The molecule has 0 unspecified atom stereocenters. The lowest BCUT2D eigenvalue weighted by Gasteiger charge is -2.35. The van der Waals surface area contributed by atoms with Crippen LogP contribution in [0.25, 0.3) is 0 Å². The Morgan fingerprint density at radius 2 is 2.27 bits per heavy atom. The molecule has 15 heavy (non-hydrogen) atoms. The summed E-state index contributed by atoms with van der Waals surface area (Å²) in [5.41, 5.74) is -0.463. The Labute approximate surface area is 95.6 Å². The second-order valence-corrected chi connectivity index (χ2v) is 4.81. The summed E-state index contributed by atoms with van der Waals surface area (Å²) < 4.78 is 5.14. The molecule has 4 heteroatoms. The number of ether oxygens (including phenoxy) is 1. The van der Waals surface area contributed by atoms with Crippen molar-refractivity contribution in [2.24, 2.45) is 0 Å². The average molecular weight is 229 g/mol. The number of esters is 1. The van der Waals surface area contributed by atoms with Gasteiger partial charge in [0.05, 0.1) is 6.61 Å². The van der Waals surface area contributed by atoms with Crippen molar-refractivity contribution in [1.29, 1.82) is 0 Å². The molecule has 0 aromatic heterocycles. The van der Waals surface area contributed by atoms with Crippen LogP contribution >= 0.6 is 11.8 Å². The fraction of sp³-hybridized carbons (Fsp3) is 0.727. The summed E-state index contributed by atoms with van der Waals surface area (Å²) in [5.74, 6) is 1.93. The van der Waals surface area contributed by atoms with E-state index in [4.69, 9.17) is 4.74 Å². The summed E-state index contributed by atoms with van der Waals surface area (Å²) in [5, 5.41) is 3.26. The molecule has 0 radical (unpaired) electrons. The largest absolute Gasteiger partial charge is 0.465 e. The molecule has 86 valence electrons. The monoisotopic (exact) mass is 229 g/mol. The van der Waals surface area contributed by atoms with Gasteiger partial charge in [-0.2, -0.15) is 11.8 Å². The molecule has 0 aromatic carbocycles. The Balaban J connectivity index is 2.64. The van der Waals surface area contributed by atoms with Crippen molar-refractivity contribution in [3.8, 4) is 0 Å². The molecule has 0 aromatic rings. The SMILES string of the molecule is C=CCNC1(C(=O)OCC)CCSCC1. The molecule has 0 saturated carbocycles. The van der Waals surface area contributed by atoms with Crippen molar-refractivity contribution >= 4 is 17.7 Å². The predicted octanol–water partition coefficient (Wildman–Crippen LogP) is 1.59. The maximum atomic E-state index is 11.9. The molecule has 1 fully saturated rings. The van der Waals surface area contributed by atoms with E-state index in [9.17, 15) is 4.79 Å². The molecule has 0 spiro atoms. The predicted molar refractivity (Wildman–Crippen MR) is 64.1 cm³/mol. The summed E-state index contributed by atoms with van der Waals surface area (Å²) in [4.78, 5) is 11.9. The third kappa shape index (κ3) is 3.24. The smallest absolute Gasteiger partial charge is 0.326 e. The Hall–Kier alpha value is -0.480. The number of hydrogen-bond donors (Lipinski definition) is 1. The van der Waals surface area contributed by atoms with Crippen LogP contribution < -0.4 is 5.32 Å². The Bertz CT molecular complexity index is 225. The highest BCUT2D eigenvalue weighted by Crippen LogP contribution is 2.28. The van der Waals surface area contributed by atoms with Gasteiger partial charge in [-0.25, -0.2) is 0 Å². The zero-order chi connectivity index (χ0) is 11.1. The lowest BCUT2D eigenvalue weighted by molar-refractivity contribution is -0.151. The second kappa shape index (κ2) is 6.18. The fourth-order valence-electron chi connectivity index (χ4n) is 1.71. The summed E-state index contributed by atoms with van der Waals surface area (Å²) >= 11 is 1.89. The minimum absolute atomic E-state index is 0.104. The summed E-state index contributed by atoms with van der Waals surface area (Å²) in [6.45, 7) is 6.61. The van der Waals surface area contributed by atoms with Gasteiger partial charge in [-0.05, 0) is 31.3 Å². The van der Waals surface area contributed by atoms with E-state index in [1.165, 1.54) is 0 Å². The van der Waals surface area contributed by atoms with E-state index in [2.05, 4.69) is 11.9 Å². The highest BCUT2D eigenvalue weighted by Gasteiger charge is 2.40. The first kappa shape index (κ1) is 12.6. The van der Waals surface area contributed by atoms with Crippen LogP contribution in [0.4, 0.5) is 0 Å². The van der Waals surface area contributed by atoms with Gasteiger partial charge in [0.15, 0.2) is 0 Å². The molecular weight excluding hydrogens is 210 g/mol. The molecule has 0 atom stereocenters. The molecule has 1 heterocycles. The van der Waals surface area contributed by atoms with E-state index in [0.717, 1.165) is 24.3 Å². The molecule has 1 aliphatic heterocycles. The number of nitrogens with one attached hydrogen (secondary N) is 1. The quantitative estimate of drug-likeness (QED) is 0.574. The van der Waals surface area contributed by atoms with Gasteiger partial charge in [-0.15, -0.1) is 6.58 Å². The average Bonchev–Trinajstić information content (AvgIpc) is 2.28. The van der Waals surface area contributed by atoms with Crippen molar-refractivity contribution in [2.45, 2.75) is 25.3 Å². The molecule has 0 amide bonds. The van der Waals surface area contributed by atoms with E-state index in [1.54, 1.807) is 6.08 Å². The number of rotatable bonds is 5. The maximum Gasteiger partial charge on any atom is 0.326 e. The third-order valence-corrected chi connectivity index (χ3v) is 3.58. The number of hydrogen-bond acceptors (Lipinski definition) is 4. The second-order valence-electron chi connectivity index (χ2n) is 3.58.